The predicted molar refractivity (Wildman–Crippen MR) is 74.9 cm³/mol. The van der Waals surface area contributed by atoms with E-state index in [2.05, 4.69) is 4.98 Å². The second-order valence-corrected chi connectivity index (χ2v) is 5.96. The van der Waals surface area contributed by atoms with Crippen LogP contribution in [0, 0.1) is 0 Å². The van der Waals surface area contributed by atoms with Gasteiger partial charge in [0.2, 0.25) is 5.88 Å². The summed E-state index contributed by atoms with van der Waals surface area (Å²) in [5.41, 5.74) is -0.204. The summed E-state index contributed by atoms with van der Waals surface area (Å²) in [6, 6.07) is 7.71. The van der Waals surface area contributed by atoms with E-state index >= 15 is 0 Å². The highest BCUT2D eigenvalue weighted by Crippen LogP contribution is 2.33. The van der Waals surface area contributed by atoms with Gasteiger partial charge in [0.25, 0.3) is 0 Å². The first kappa shape index (κ1) is 14.8. The molecule has 0 saturated heterocycles. The van der Waals surface area contributed by atoms with Crippen LogP contribution >= 0.6 is 0 Å². The van der Waals surface area contributed by atoms with E-state index in [1.54, 1.807) is 22.6 Å². The zero-order valence-electron chi connectivity index (χ0n) is 11.2. The van der Waals surface area contributed by atoms with Crippen LogP contribution in [0.15, 0.2) is 47.5 Å². The van der Waals surface area contributed by atoms with Crippen LogP contribution in [-0.4, -0.2) is 22.3 Å². The molecule has 2 aromatic rings. The molecule has 1 aliphatic heterocycles. The van der Waals surface area contributed by atoms with Crippen LogP contribution in [0.2, 0.25) is 0 Å². The largest absolute Gasteiger partial charge is 0.474 e. The molecule has 8 heteroatoms. The molecule has 0 amide bonds. The molecule has 116 valence electrons. The van der Waals surface area contributed by atoms with E-state index in [9.17, 15) is 17.4 Å². The number of anilines is 1. The van der Waals surface area contributed by atoms with E-state index < -0.39 is 22.7 Å². The molecule has 0 aliphatic carbocycles. The van der Waals surface area contributed by atoms with Crippen LogP contribution in [0.1, 0.15) is 5.56 Å². The number of benzene rings is 1. The van der Waals surface area contributed by atoms with Crippen molar-refractivity contribution < 1.29 is 22.1 Å². The van der Waals surface area contributed by atoms with Crippen LogP contribution in [0.25, 0.3) is 0 Å². The van der Waals surface area contributed by atoms with Crippen molar-refractivity contribution in [3.8, 4) is 5.88 Å². The van der Waals surface area contributed by atoms with Crippen molar-refractivity contribution >= 4 is 16.7 Å². The van der Waals surface area contributed by atoms with Crippen LogP contribution in [0.5, 0.6) is 5.88 Å². The second-order valence-electron chi connectivity index (χ2n) is 4.55. The molecule has 0 radical (unpaired) electrons. The number of halogens is 3. The van der Waals surface area contributed by atoms with Crippen molar-refractivity contribution in [3.63, 3.8) is 0 Å². The van der Waals surface area contributed by atoms with Gasteiger partial charge in [0.15, 0.2) is 11.0 Å². The smallest absolute Gasteiger partial charge is 0.416 e. The number of pyridine rings is 1. The molecule has 1 unspecified atom stereocenters. The topological polar surface area (TPSA) is 42.4 Å². The van der Waals surface area contributed by atoms with E-state index in [1.807, 2.05) is 0 Å². The molecule has 0 fully saturated rings. The maximum Gasteiger partial charge on any atom is 0.416 e. The Morgan fingerprint density at radius 1 is 1.18 bits per heavy atom. The van der Waals surface area contributed by atoms with Gasteiger partial charge in [-0.2, -0.15) is 13.2 Å². The van der Waals surface area contributed by atoms with Crippen molar-refractivity contribution in [1.82, 2.24) is 4.98 Å². The van der Waals surface area contributed by atoms with Crippen LogP contribution in [-0.2, 0) is 17.2 Å². The first-order valence-corrected chi connectivity index (χ1v) is 7.52. The third kappa shape index (κ3) is 2.78. The minimum Gasteiger partial charge on any atom is -0.474 e. The predicted octanol–water partition coefficient (Wildman–Crippen LogP) is 3.02. The molecule has 22 heavy (non-hydrogen) atoms. The van der Waals surface area contributed by atoms with Gasteiger partial charge in [-0.05, 0) is 36.4 Å². The summed E-state index contributed by atoms with van der Waals surface area (Å²) in [6.07, 6.45) is -2.85. The van der Waals surface area contributed by atoms with Gasteiger partial charge in [0, 0.05) is 6.20 Å². The Bertz CT molecular complexity index is 704. The zero-order valence-corrected chi connectivity index (χ0v) is 12.0. The van der Waals surface area contributed by atoms with Gasteiger partial charge in [0.05, 0.1) is 17.0 Å². The number of alkyl halides is 3. The number of hydrogen-bond donors (Lipinski definition) is 0. The summed E-state index contributed by atoms with van der Waals surface area (Å²) in [5, 5.41) is 0. The number of aromatic nitrogens is 1. The Balaban J connectivity index is 1.89. The highest BCUT2D eigenvalue weighted by Gasteiger charge is 2.31. The van der Waals surface area contributed by atoms with Gasteiger partial charge < -0.3 is 4.74 Å². The van der Waals surface area contributed by atoms with Gasteiger partial charge in [-0.25, -0.2) is 9.19 Å². The third-order valence-corrected chi connectivity index (χ3v) is 4.59. The Labute approximate surface area is 127 Å². The number of nitrogens with zero attached hydrogens (tertiary/aromatic N) is 2. The molecule has 0 N–H and O–H groups in total. The van der Waals surface area contributed by atoms with E-state index in [0.717, 1.165) is 12.1 Å². The molecule has 0 bridgehead atoms. The number of hydrogen-bond acceptors (Lipinski definition) is 3. The van der Waals surface area contributed by atoms with Gasteiger partial charge in [-0.15, -0.1) is 0 Å². The Morgan fingerprint density at radius 2 is 1.91 bits per heavy atom. The summed E-state index contributed by atoms with van der Waals surface area (Å²) in [6.45, 7) is 0.683. The van der Waals surface area contributed by atoms with Crippen molar-refractivity contribution in [1.29, 1.82) is 0 Å². The molecule has 1 atom stereocenters. The highest BCUT2D eigenvalue weighted by molar-refractivity contribution is 7.86. The standard InChI is InChI=1S/C14H11F3N2O2S/c15-14(16,17)10-3-5-11(6-4-10)22(20)19-8-9-21-13-12(19)2-1-7-18-13/h1-7H,8-9H2. The van der Waals surface area contributed by atoms with Gasteiger partial charge >= 0.3 is 6.18 Å². The maximum atomic E-state index is 12.6. The highest BCUT2D eigenvalue weighted by atomic mass is 32.2. The monoisotopic (exact) mass is 328 g/mol. The fourth-order valence-corrected chi connectivity index (χ4v) is 3.27. The molecule has 0 saturated carbocycles. The van der Waals surface area contributed by atoms with Crippen LogP contribution in [0.4, 0.5) is 18.9 Å². The minimum atomic E-state index is -4.41. The summed E-state index contributed by atoms with van der Waals surface area (Å²) < 4.78 is 57.2. The molecular formula is C14H11F3N2O2S. The van der Waals surface area contributed by atoms with Crippen molar-refractivity contribution in [2.75, 3.05) is 17.5 Å². The van der Waals surface area contributed by atoms with Gasteiger partial charge in [-0.3, -0.25) is 4.31 Å². The molecule has 2 heterocycles. The molecule has 1 aliphatic rings. The second kappa shape index (κ2) is 5.60. The van der Waals surface area contributed by atoms with E-state index in [1.165, 1.54) is 12.1 Å². The molecule has 3 rings (SSSR count). The Hall–Kier alpha value is -2.09. The summed E-state index contributed by atoms with van der Waals surface area (Å²) in [4.78, 5) is 4.34. The van der Waals surface area contributed by atoms with E-state index in [-0.39, 0.29) is 0 Å². The van der Waals surface area contributed by atoms with E-state index in [4.69, 9.17) is 4.74 Å². The Kier molecular flexibility index (Phi) is 3.78. The van der Waals surface area contributed by atoms with Crippen LogP contribution < -0.4 is 9.04 Å². The lowest BCUT2D eigenvalue weighted by molar-refractivity contribution is -0.137. The number of fused-ring (bicyclic) bond motifs is 1. The van der Waals surface area contributed by atoms with Crippen molar-refractivity contribution in [2.24, 2.45) is 0 Å². The quantitative estimate of drug-likeness (QED) is 0.851. The fraction of sp³-hybridized carbons (Fsp3) is 0.214. The lowest BCUT2D eigenvalue weighted by Crippen LogP contribution is -2.34. The first-order chi connectivity index (χ1) is 10.5. The fourth-order valence-electron chi connectivity index (χ4n) is 2.09. The average Bonchev–Trinajstić information content (AvgIpc) is 2.53. The lowest BCUT2D eigenvalue weighted by Gasteiger charge is -2.28. The Morgan fingerprint density at radius 3 is 2.59 bits per heavy atom. The zero-order chi connectivity index (χ0) is 15.7. The summed E-state index contributed by atoms with van der Waals surface area (Å²) >= 11 is 0. The SMILES string of the molecule is O=S(c1ccc(C(F)(F)F)cc1)N1CCOc2ncccc21. The van der Waals surface area contributed by atoms with Gasteiger partial charge in [0.1, 0.15) is 12.3 Å². The molecule has 1 aromatic carbocycles. The van der Waals surface area contributed by atoms with Crippen molar-refractivity contribution in [3.05, 3.63) is 48.2 Å². The number of ether oxygens (including phenoxy) is 1. The summed E-state index contributed by atoms with van der Waals surface area (Å²) in [7, 11) is -1.62. The van der Waals surface area contributed by atoms with E-state index in [0.29, 0.717) is 29.6 Å². The maximum absolute atomic E-state index is 12.6. The molecular weight excluding hydrogens is 317 g/mol. The first-order valence-electron chi connectivity index (χ1n) is 6.41. The third-order valence-electron chi connectivity index (χ3n) is 3.14. The molecule has 4 nitrogen and oxygen atoms in total. The minimum absolute atomic E-state index is 0.296. The van der Waals surface area contributed by atoms with Gasteiger partial charge in [-0.1, -0.05) is 0 Å². The average molecular weight is 328 g/mol. The van der Waals surface area contributed by atoms with Crippen molar-refractivity contribution in [2.45, 2.75) is 11.1 Å². The lowest BCUT2D eigenvalue weighted by atomic mass is 10.2. The summed E-state index contributed by atoms with van der Waals surface area (Å²) in [5.74, 6) is 0.369. The van der Waals surface area contributed by atoms with Crippen LogP contribution in [0.3, 0.4) is 0 Å². The number of rotatable bonds is 2. The normalized spacial score (nSPS) is 15.9. The molecule has 0 spiro atoms. The molecule has 1 aromatic heterocycles.